The van der Waals surface area contributed by atoms with Gasteiger partial charge in [0.2, 0.25) is 0 Å². The second-order valence-corrected chi connectivity index (χ2v) is 4.66. The van der Waals surface area contributed by atoms with Gasteiger partial charge in [-0.05, 0) is 36.8 Å². The van der Waals surface area contributed by atoms with Crippen molar-refractivity contribution in [3.63, 3.8) is 0 Å². The quantitative estimate of drug-likeness (QED) is 0.694. The number of nitrogens with zero attached hydrogens (tertiary/aromatic N) is 1. The molecule has 0 aliphatic heterocycles. The maximum atomic E-state index is 4.40. The Morgan fingerprint density at radius 3 is 3.00 bits per heavy atom. The molecule has 0 spiro atoms. The summed E-state index contributed by atoms with van der Waals surface area (Å²) in [5.74, 6) is 1.81. The third-order valence-electron chi connectivity index (χ3n) is 3.27. The predicted octanol–water partition coefficient (Wildman–Crippen LogP) is 3.45. The second-order valence-electron chi connectivity index (χ2n) is 4.66. The van der Waals surface area contributed by atoms with E-state index >= 15 is 0 Å². The molecular weight excluding hydrogens is 170 g/mol. The molecular formula is C13H19N. The van der Waals surface area contributed by atoms with E-state index in [4.69, 9.17) is 0 Å². The molecule has 2 unspecified atom stereocenters. The lowest BCUT2D eigenvalue weighted by molar-refractivity contribution is 0.280. The van der Waals surface area contributed by atoms with Crippen molar-refractivity contribution in [2.24, 2.45) is 11.8 Å². The van der Waals surface area contributed by atoms with Crippen LogP contribution in [0.5, 0.6) is 0 Å². The van der Waals surface area contributed by atoms with Crippen LogP contribution < -0.4 is 0 Å². The number of pyridine rings is 1. The fourth-order valence-corrected chi connectivity index (χ4v) is 2.56. The largest absolute Gasteiger partial charge is 0.261 e. The lowest BCUT2D eigenvalue weighted by Crippen LogP contribution is -2.15. The van der Waals surface area contributed by atoms with Gasteiger partial charge in [0.25, 0.3) is 0 Å². The van der Waals surface area contributed by atoms with Crippen LogP contribution in [0.4, 0.5) is 0 Å². The van der Waals surface area contributed by atoms with Crippen molar-refractivity contribution in [3.05, 3.63) is 30.1 Å². The predicted molar refractivity (Wildman–Crippen MR) is 59.1 cm³/mol. The summed E-state index contributed by atoms with van der Waals surface area (Å²) in [6, 6.07) is 6.24. The summed E-state index contributed by atoms with van der Waals surface area (Å²) in [5, 5.41) is 0. The van der Waals surface area contributed by atoms with Crippen LogP contribution in [0, 0.1) is 11.8 Å². The highest BCUT2D eigenvalue weighted by atomic mass is 14.7. The first-order chi connectivity index (χ1) is 6.84. The van der Waals surface area contributed by atoms with Crippen LogP contribution in [0.1, 0.15) is 38.3 Å². The average molecular weight is 189 g/mol. The summed E-state index contributed by atoms with van der Waals surface area (Å²) in [6.07, 6.45) is 8.74. The molecule has 1 aliphatic rings. The molecule has 1 aliphatic carbocycles. The number of hydrogen-bond donors (Lipinski definition) is 0. The Morgan fingerprint density at radius 2 is 2.29 bits per heavy atom. The Labute approximate surface area is 86.6 Å². The van der Waals surface area contributed by atoms with Crippen LogP contribution in [0.15, 0.2) is 24.4 Å². The summed E-state index contributed by atoms with van der Waals surface area (Å²) in [4.78, 5) is 4.40. The fraction of sp³-hybridized carbons (Fsp3) is 0.615. The van der Waals surface area contributed by atoms with Crippen molar-refractivity contribution in [1.82, 2.24) is 4.98 Å². The molecule has 0 radical (unpaired) electrons. The Hall–Kier alpha value is -0.850. The second kappa shape index (κ2) is 4.59. The van der Waals surface area contributed by atoms with E-state index in [0.29, 0.717) is 0 Å². The van der Waals surface area contributed by atoms with E-state index in [-0.39, 0.29) is 0 Å². The highest BCUT2D eigenvalue weighted by Gasteiger charge is 2.19. The van der Waals surface area contributed by atoms with Gasteiger partial charge in [-0.1, -0.05) is 32.3 Å². The van der Waals surface area contributed by atoms with Gasteiger partial charge in [0.15, 0.2) is 0 Å². The van der Waals surface area contributed by atoms with Crippen molar-refractivity contribution in [2.45, 2.75) is 39.0 Å². The molecule has 0 aromatic carbocycles. The Balaban J connectivity index is 1.91. The van der Waals surface area contributed by atoms with Gasteiger partial charge < -0.3 is 0 Å². The van der Waals surface area contributed by atoms with E-state index in [1.54, 1.807) is 0 Å². The molecule has 1 fully saturated rings. The highest BCUT2D eigenvalue weighted by molar-refractivity contribution is 5.04. The van der Waals surface area contributed by atoms with Crippen molar-refractivity contribution in [3.8, 4) is 0 Å². The van der Waals surface area contributed by atoms with Crippen molar-refractivity contribution < 1.29 is 0 Å². The van der Waals surface area contributed by atoms with E-state index in [0.717, 1.165) is 11.8 Å². The van der Waals surface area contributed by atoms with Crippen LogP contribution in [-0.4, -0.2) is 4.98 Å². The zero-order valence-corrected chi connectivity index (χ0v) is 8.95. The maximum Gasteiger partial charge on any atom is 0.0406 e. The van der Waals surface area contributed by atoms with E-state index in [9.17, 15) is 0 Å². The van der Waals surface area contributed by atoms with Gasteiger partial charge in [-0.2, -0.15) is 0 Å². The van der Waals surface area contributed by atoms with E-state index in [1.807, 2.05) is 12.3 Å². The molecule has 0 saturated heterocycles. The summed E-state index contributed by atoms with van der Waals surface area (Å²) in [6.45, 7) is 2.38. The zero-order chi connectivity index (χ0) is 9.80. The molecule has 1 heterocycles. The fourth-order valence-electron chi connectivity index (χ4n) is 2.56. The smallest absolute Gasteiger partial charge is 0.0406 e. The molecule has 0 amide bonds. The maximum absolute atomic E-state index is 4.40. The lowest BCUT2D eigenvalue weighted by Gasteiger charge is -2.26. The molecule has 1 nitrogen and oxygen atoms in total. The van der Waals surface area contributed by atoms with E-state index in [2.05, 4.69) is 24.0 Å². The lowest BCUT2D eigenvalue weighted by atomic mass is 9.80. The molecule has 0 N–H and O–H groups in total. The first kappa shape index (κ1) is 9.70. The van der Waals surface area contributed by atoms with Crippen LogP contribution >= 0.6 is 0 Å². The molecule has 1 aromatic heterocycles. The minimum Gasteiger partial charge on any atom is -0.261 e. The van der Waals surface area contributed by atoms with E-state index in [1.165, 1.54) is 37.8 Å². The zero-order valence-electron chi connectivity index (χ0n) is 8.95. The third-order valence-corrected chi connectivity index (χ3v) is 3.27. The van der Waals surface area contributed by atoms with Crippen LogP contribution in [-0.2, 0) is 6.42 Å². The standard InChI is InChI=1S/C13H19N/c1-11-5-4-6-12(9-11)10-13-7-2-3-8-14-13/h2-3,7-8,11-12H,4-6,9-10H2,1H3. The summed E-state index contributed by atoms with van der Waals surface area (Å²) >= 11 is 0. The highest BCUT2D eigenvalue weighted by Crippen LogP contribution is 2.30. The Bertz CT molecular complexity index is 268. The molecule has 2 rings (SSSR count). The molecule has 1 heteroatoms. The van der Waals surface area contributed by atoms with Gasteiger partial charge in [-0.25, -0.2) is 0 Å². The van der Waals surface area contributed by atoms with Gasteiger partial charge in [0.1, 0.15) is 0 Å². The number of aromatic nitrogens is 1. The molecule has 14 heavy (non-hydrogen) atoms. The van der Waals surface area contributed by atoms with Crippen LogP contribution in [0.3, 0.4) is 0 Å². The summed E-state index contributed by atoms with van der Waals surface area (Å²) in [7, 11) is 0. The number of rotatable bonds is 2. The Morgan fingerprint density at radius 1 is 1.36 bits per heavy atom. The van der Waals surface area contributed by atoms with Gasteiger partial charge in [-0.3, -0.25) is 4.98 Å². The topological polar surface area (TPSA) is 12.9 Å². The molecule has 2 atom stereocenters. The van der Waals surface area contributed by atoms with Gasteiger partial charge in [0, 0.05) is 11.9 Å². The third kappa shape index (κ3) is 2.57. The first-order valence-corrected chi connectivity index (χ1v) is 5.74. The SMILES string of the molecule is CC1CCCC(Cc2ccccn2)C1. The number of hydrogen-bond acceptors (Lipinski definition) is 1. The molecule has 76 valence electrons. The van der Waals surface area contributed by atoms with Gasteiger partial charge in [-0.15, -0.1) is 0 Å². The Kier molecular flexibility index (Phi) is 3.18. The molecule has 0 bridgehead atoms. The molecule has 1 aromatic rings. The first-order valence-electron chi connectivity index (χ1n) is 5.74. The van der Waals surface area contributed by atoms with Crippen molar-refractivity contribution >= 4 is 0 Å². The normalized spacial score (nSPS) is 27.5. The minimum atomic E-state index is 0.883. The molecule has 1 saturated carbocycles. The summed E-state index contributed by atoms with van der Waals surface area (Å²) < 4.78 is 0. The van der Waals surface area contributed by atoms with Crippen molar-refractivity contribution in [2.75, 3.05) is 0 Å². The van der Waals surface area contributed by atoms with Gasteiger partial charge >= 0.3 is 0 Å². The summed E-state index contributed by atoms with van der Waals surface area (Å²) in [5.41, 5.74) is 1.27. The van der Waals surface area contributed by atoms with Crippen molar-refractivity contribution in [1.29, 1.82) is 0 Å². The average Bonchev–Trinajstić information content (AvgIpc) is 2.19. The van der Waals surface area contributed by atoms with Crippen LogP contribution in [0.25, 0.3) is 0 Å². The van der Waals surface area contributed by atoms with E-state index < -0.39 is 0 Å². The monoisotopic (exact) mass is 189 g/mol. The minimum absolute atomic E-state index is 0.883. The van der Waals surface area contributed by atoms with Crippen LogP contribution in [0.2, 0.25) is 0 Å². The van der Waals surface area contributed by atoms with Gasteiger partial charge in [0.05, 0.1) is 0 Å².